The van der Waals surface area contributed by atoms with Crippen LogP contribution in [0.4, 0.5) is 0 Å². The van der Waals surface area contributed by atoms with Gasteiger partial charge in [-0.1, -0.05) is 13.8 Å². The van der Waals surface area contributed by atoms with E-state index in [0.29, 0.717) is 5.25 Å². The zero-order chi connectivity index (χ0) is 12.8. The van der Waals surface area contributed by atoms with Gasteiger partial charge in [-0.2, -0.15) is 16.9 Å². The minimum atomic E-state index is 0.602. The Labute approximate surface area is 122 Å². The molecule has 1 aromatic heterocycles. The number of rotatable bonds is 7. The van der Waals surface area contributed by atoms with Crippen LogP contribution in [0.15, 0.2) is 4.47 Å². The molecule has 0 saturated carbocycles. The van der Waals surface area contributed by atoms with Gasteiger partial charge in [-0.25, -0.2) is 0 Å². The van der Waals surface area contributed by atoms with E-state index in [1.54, 1.807) is 0 Å². The Morgan fingerprint density at radius 1 is 1.47 bits per heavy atom. The van der Waals surface area contributed by atoms with Crippen molar-refractivity contribution < 1.29 is 0 Å². The fourth-order valence-corrected chi connectivity index (χ4v) is 3.98. The first-order valence-corrected chi connectivity index (χ1v) is 8.43. The number of hydrogen-bond donors (Lipinski definition) is 0. The lowest BCUT2D eigenvalue weighted by molar-refractivity contribution is 0.627. The van der Waals surface area contributed by atoms with Gasteiger partial charge in [0.1, 0.15) is 0 Å². The maximum atomic E-state index is 5.75. The molecule has 0 aliphatic heterocycles. The summed E-state index contributed by atoms with van der Waals surface area (Å²) in [6, 6.07) is 0. The van der Waals surface area contributed by atoms with Gasteiger partial charge in [0.15, 0.2) is 0 Å². The highest BCUT2D eigenvalue weighted by Gasteiger charge is 2.14. The minimum absolute atomic E-state index is 0.602. The van der Waals surface area contributed by atoms with Crippen LogP contribution in [0.5, 0.6) is 0 Å². The molecule has 5 heteroatoms. The van der Waals surface area contributed by atoms with E-state index in [9.17, 15) is 0 Å². The molecule has 1 rings (SSSR count). The van der Waals surface area contributed by atoms with Gasteiger partial charge < -0.3 is 0 Å². The molecular formula is C12H20BrClN2S. The average Bonchev–Trinajstić information content (AvgIpc) is 2.63. The van der Waals surface area contributed by atoms with Crippen molar-refractivity contribution in [1.29, 1.82) is 0 Å². The predicted octanol–water partition coefficient (Wildman–Crippen LogP) is 4.48. The maximum absolute atomic E-state index is 5.75. The van der Waals surface area contributed by atoms with Crippen LogP contribution in [-0.2, 0) is 18.7 Å². The van der Waals surface area contributed by atoms with Gasteiger partial charge >= 0.3 is 0 Å². The number of aromatic nitrogens is 2. The molecule has 0 bridgehead atoms. The largest absolute Gasteiger partial charge is 0.268 e. The van der Waals surface area contributed by atoms with Crippen LogP contribution in [0.2, 0.25) is 0 Å². The topological polar surface area (TPSA) is 17.8 Å². The van der Waals surface area contributed by atoms with Crippen molar-refractivity contribution in [2.75, 3.05) is 5.88 Å². The quantitative estimate of drug-likeness (QED) is 0.682. The summed E-state index contributed by atoms with van der Waals surface area (Å²) in [6.07, 6.45) is 2.03. The molecule has 2 nitrogen and oxygen atoms in total. The normalized spacial score (nSPS) is 13.0. The zero-order valence-corrected chi connectivity index (χ0v) is 13.8. The van der Waals surface area contributed by atoms with Crippen molar-refractivity contribution in [3.8, 4) is 0 Å². The van der Waals surface area contributed by atoms with E-state index >= 15 is 0 Å². The third-order valence-electron chi connectivity index (χ3n) is 2.71. The average molecular weight is 340 g/mol. The van der Waals surface area contributed by atoms with Crippen LogP contribution in [0.1, 0.15) is 38.6 Å². The number of aryl methyl sites for hydroxylation is 2. The molecule has 1 aromatic rings. The minimum Gasteiger partial charge on any atom is -0.268 e. The van der Waals surface area contributed by atoms with E-state index in [-0.39, 0.29) is 0 Å². The van der Waals surface area contributed by atoms with Gasteiger partial charge in [0, 0.05) is 23.4 Å². The van der Waals surface area contributed by atoms with E-state index in [2.05, 4.69) is 46.5 Å². The summed E-state index contributed by atoms with van der Waals surface area (Å²) >= 11 is 11.4. The summed E-state index contributed by atoms with van der Waals surface area (Å²) < 4.78 is 3.29. The molecular weight excluding hydrogens is 320 g/mol. The van der Waals surface area contributed by atoms with Crippen molar-refractivity contribution in [2.24, 2.45) is 0 Å². The Kier molecular flexibility index (Phi) is 6.97. The lowest BCUT2D eigenvalue weighted by Gasteiger charge is -2.10. The van der Waals surface area contributed by atoms with Crippen LogP contribution in [-0.4, -0.2) is 20.9 Å². The zero-order valence-electron chi connectivity index (χ0n) is 10.7. The highest BCUT2D eigenvalue weighted by atomic mass is 79.9. The molecule has 1 atom stereocenters. The molecule has 17 heavy (non-hydrogen) atoms. The van der Waals surface area contributed by atoms with Gasteiger partial charge in [0.25, 0.3) is 0 Å². The highest BCUT2D eigenvalue weighted by molar-refractivity contribution is 9.10. The number of thioether (sulfide) groups is 1. The number of halogens is 2. The van der Waals surface area contributed by atoms with Crippen LogP contribution in [0, 0.1) is 0 Å². The molecule has 0 amide bonds. The fourth-order valence-electron chi connectivity index (χ4n) is 1.61. The first kappa shape index (κ1) is 15.4. The number of nitrogens with zero attached hydrogens (tertiary/aromatic N) is 2. The van der Waals surface area contributed by atoms with Crippen LogP contribution < -0.4 is 0 Å². The molecule has 1 unspecified atom stereocenters. The van der Waals surface area contributed by atoms with E-state index in [4.69, 9.17) is 11.6 Å². The lowest BCUT2D eigenvalue weighted by atomic mass is 10.3. The van der Waals surface area contributed by atoms with E-state index in [0.717, 1.165) is 36.7 Å². The SMILES string of the molecule is CCc1nn(CC)c(CSC(C)CCCl)c1Br. The van der Waals surface area contributed by atoms with Crippen molar-refractivity contribution in [2.45, 2.75) is 51.2 Å². The Morgan fingerprint density at radius 2 is 2.18 bits per heavy atom. The first-order chi connectivity index (χ1) is 8.13. The molecule has 0 aliphatic rings. The summed E-state index contributed by atoms with van der Waals surface area (Å²) in [6.45, 7) is 7.43. The highest BCUT2D eigenvalue weighted by Crippen LogP contribution is 2.28. The van der Waals surface area contributed by atoms with E-state index < -0.39 is 0 Å². The molecule has 1 heterocycles. The van der Waals surface area contributed by atoms with E-state index in [1.807, 2.05) is 11.8 Å². The Bertz CT molecular complexity index is 355. The molecule has 0 radical (unpaired) electrons. The van der Waals surface area contributed by atoms with Crippen molar-refractivity contribution in [1.82, 2.24) is 9.78 Å². The molecule has 0 spiro atoms. The molecule has 0 fully saturated rings. The smallest absolute Gasteiger partial charge is 0.0767 e. The van der Waals surface area contributed by atoms with E-state index in [1.165, 1.54) is 10.2 Å². The Balaban J connectivity index is 2.72. The second-order valence-electron chi connectivity index (χ2n) is 3.98. The lowest BCUT2D eigenvalue weighted by Crippen LogP contribution is -2.04. The van der Waals surface area contributed by atoms with Crippen LogP contribution >= 0.6 is 39.3 Å². The number of alkyl halides is 1. The van der Waals surface area contributed by atoms with Crippen molar-refractivity contribution in [3.05, 3.63) is 15.9 Å². The second kappa shape index (κ2) is 7.70. The Morgan fingerprint density at radius 3 is 2.71 bits per heavy atom. The summed E-state index contributed by atoms with van der Waals surface area (Å²) in [4.78, 5) is 0. The first-order valence-electron chi connectivity index (χ1n) is 6.05. The summed E-state index contributed by atoms with van der Waals surface area (Å²) in [7, 11) is 0. The second-order valence-corrected chi connectivity index (χ2v) is 6.57. The fraction of sp³-hybridized carbons (Fsp3) is 0.750. The number of hydrogen-bond acceptors (Lipinski definition) is 2. The van der Waals surface area contributed by atoms with Gasteiger partial charge in [-0.05, 0) is 35.7 Å². The summed E-state index contributed by atoms with van der Waals surface area (Å²) in [5.41, 5.74) is 2.46. The molecule has 0 N–H and O–H groups in total. The van der Waals surface area contributed by atoms with Gasteiger partial charge in [-0.15, -0.1) is 11.6 Å². The summed E-state index contributed by atoms with van der Waals surface area (Å²) in [5, 5.41) is 5.20. The maximum Gasteiger partial charge on any atom is 0.0767 e. The van der Waals surface area contributed by atoms with Gasteiger partial charge in [-0.3, -0.25) is 4.68 Å². The summed E-state index contributed by atoms with van der Waals surface area (Å²) in [5.74, 6) is 1.74. The standard InChI is InChI=1S/C12H20BrClN2S/c1-4-10-12(13)11(16(5-2)15-10)8-17-9(3)6-7-14/h9H,4-8H2,1-3H3. The molecule has 98 valence electrons. The predicted molar refractivity (Wildman–Crippen MR) is 81.1 cm³/mol. The molecule has 0 saturated heterocycles. The molecule has 0 aliphatic carbocycles. The van der Waals surface area contributed by atoms with Gasteiger partial charge in [0.05, 0.1) is 15.9 Å². The van der Waals surface area contributed by atoms with Crippen LogP contribution in [0.3, 0.4) is 0 Å². The van der Waals surface area contributed by atoms with Crippen molar-refractivity contribution in [3.63, 3.8) is 0 Å². The van der Waals surface area contributed by atoms with Gasteiger partial charge in [0.2, 0.25) is 0 Å². The molecule has 0 aromatic carbocycles. The third kappa shape index (κ3) is 4.18. The van der Waals surface area contributed by atoms with Crippen LogP contribution in [0.25, 0.3) is 0 Å². The Hall–Kier alpha value is 0.330. The third-order valence-corrected chi connectivity index (χ3v) is 5.09. The monoisotopic (exact) mass is 338 g/mol. The van der Waals surface area contributed by atoms with Crippen molar-refractivity contribution >= 4 is 39.3 Å².